The number of anilines is 1. The Balaban J connectivity index is 1.63. The fourth-order valence-electron chi connectivity index (χ4n) is 4.18. The second-order valence-corrected chi connectivity index (χ2v) is 7.77. The molecule has 2 N–H and O–H groups in total. The predicted molar refractivity (Wildman–Crippen MR) is 102 cm³/mol. The Morgan fingerprint density at radius 1 is 1.12 bits per heavy atom. The lowest BCUT2D eigenvalue weighted by atomic mass is 9.65. The number of carboxylic acid groups (broad SMARTS) is 1. The van der Waals surface area contributed by atoms with Crippen molar-refractivity contribution in [1.29, 1.82) is 0 Å². The summed E-state index contributed by atoms with van der Waals surface area (Å²) in [5.41, 5.74) is 2.26. The van der Waals surface area contributed by atoms with Crippen LogP contribution in [0.3, 0.4) is 0 Å². The Hall–Kier alpha value is -2.14. The van der Waals surface area contributed by atoms with Crippen LogP contribution in [0.1, 0.15) is 36.8 Å². The number of rotatable bonds is 3. The molecule has 0 unspecified atom stereocenters. The van der Waals surface area contributed by atoms with E-state index in [4.69, 9.17) is 0 Å². The van der Waals surface area contributed by atoms with Crippen molar-refractivity contribution in [1.82, 2.24) is 4.98 Å². The van der Waals surface area contributed by atoms with E-state index >= 15 is 0 Å². The van der Waals surface area contributed by atoms with Crippen LogP contribution in [0.15, 0.2) is 53.3 Å². The number of fused-ring (bicyclic) bond motifs is 2. The van der Waals surface area contributed by atoms with Crippen LogP contribution in [0.4, 0.5) is 5.69 Å². The second kappa shape index (κ2) is 5.99. The van der Waals surface area contributed by atoms with E-state index in [1.54, 1.807) is 12.4 Å². The molecule has 5 heteroatoms. The summed E-state index contributed by atoms with van der Waals surface area (Å²) in [4.78, 5) is 16.2. The lowest BCUT2D eigenvalue weighted by molar-refractivity contribution is -0.143. The van der Waals surface area contributed by atoms with E-state index in [2.05, 4.69) is 50.5 Å². The molecule has 4 rings (SSSR count). The number of pyridine rings is 1. The van der Waals surface area contributed by atoms with Crippen LogP contribution in [-0.4, -0.2) is 21.6 Å². The number of benzene rings is 1. The molecule has 1 saturated carbocycles. The molecule has 0 bridgehead atoms. The van der Waals surface area contributed by atoms with Gasteiger partial charge in [0.2, 0.25) is 0 Å². The Bertz CT molecular complexity index is 840. The summed E-state index contributed by atoms with van der Waals surface area (Å²) in [5, 5.41) is 13.2. The van der Waals surface area contributed by atoms with Gasteiger partial charge >= 0.3 is 5.97 Å². The molecule has 1 fully saturated rings. The largest absolute Gasteiger partial charge is 0.480 e. The molecule has 1 heterocycles. The summed E-state index contributed by atoms with van der Waals surface area (Å²) in [6.07, 6.45) is 8.25. The molecule has 0 saturated heterocycles. The number of hydrogen-bond donors (Lipinski definition) is 2. The van der Waals surface area contributed by atoms with Gasteiger partial charge in [-0.3, -0.25) is 4.98 Å². The SMILES string of the molecule is O=C(O)C1(Nc2cccnc2)CCC2(CC1)C(Br)=Cc1ccccc12. The fraction of sp³-hybridized carbons (Fsp3) is 0.300. The van der Waals surface area contributed by atoms with Crippen LogP contribution in [0.25, 0.3) is 6.08 Å². The van der Waals surface area contributed by atoms with E-state index in [0.29, 0.717) is 12.8 Å². The van der Waals surface area contributed by atoms with Crippen molar-refractivity contribution in [3.8, 4) is 0 Å². The second-order valence-electron chi connectivity index (χ2n) is 6.92. The molecule has 0 radical (unpaired) electrons. The summed E-state index contributed by atoms with van der Waals surface area (Å²) in [6.45, 7) is 0. The molecule has 1 aromatic heterocycles. The van der Waals surface area contributed by atoms with Crippen LogP contribution >= 0.6 is 15.9 Å². The Labute approximate surface area is 155 Å². The number of allylic oxidation sites excluding steroid dienone is 1. The maximum Gasteiger partial charge on any atom is 0.329 e. The van der Waals surface area contributed by atoms with Crippen LogP contribution in [0, 0.1) is 0 Å². The van der Waals surface area contributed by atoms with Crippen molar-refractivity contribution in [2.24, 2.45) is 0 Å². The van der Waals surface area contributed by atoms with E-state index in [1.807, 2.05) is 18.2 Å². The van der Waals surface area contributed by atoms with Crippen molar-refractivity contribution in [2.45, 2.75) is 36.6 Å². The van der Waals surface area contributed by atoms with Crippen molar-refractivity contribution in [3.05, 3.63) is 64.4 Å². The third kappa shape index (κ3) is 2.58. The summed E-state index contributed by atoms with van der Waals surface area (Å²) in [5.74, 6) is -0.794. The predicted octanol–water partition coefficient (Wildman–Crippen LogP) is 4.58. The van der Waals surface area contributed by atoms with Gasteiger partial charge < -0.3 is 10.4 Å². The average Bonchev–Trinajstić information content (AvgIpc) is 2.90. The molecule has 4 nitrogen and oxygen atoms in total. The van der Waals surface area contributed by atoms with E-state index in [1.165, 1.54) is 15.6 Å². The topological polar surface area (TPSA) is 62.2 Å². The first-order valence-electron chi connectivity index (χ1n) is 8.45. The highest BCUT2D eigenvalue weighted by atomic mass is 79.9. The fourth-order valence-corrected chi connectivity index (χ4v) is 5.04. The normalized spacial score (nSPS) is 27.6. The molecule has 2 aromatic rings. The van der Waals surface area contributed by atoms with Crippen molar-refractivity contribution < 1.29 is 9.90 Å². The average molecular weight is 399 g/mol. The van der Waals surface area contributed by atoms with Gasteiger partial charge in [-0.15, -0.1) is 0 Å². The molecule has 2 aliphatic carbocycles. The zero-order valence-corrected chi connectivity index (χ0v) is 15.3. The van der Waals surface area contributed by atoms with Crippen LogP contribution in [0.5, 0.6) is 0 Å². The third-order valence-electron chi connectivity index (χ3n) is 5.63. The molecule has 1 spiro atoms. The Kier molecular flexibility index (Phi) is 3.91. The van der Waals surface area contributed by atoms with Crippen LogP contribution in [-0.2, 0) is 10.2 Å². The highest BCUT2D eigenvalue weighted by Crippen LogP contribution is 2.55. The van der Waals surface area contributed by atoms with Crippen molar-refractivity contribution in [2.75, 3.05) is 5.32 Å². The van der Waals surface area contributed by atoms with Gasteiger partial charge in [-0.2, -0.15) is 0 Å². The number of carbonyl (C=O) groups is 1. The molecule has 1 aromatic carbocycles. The standard InChI is InChI=1S/C20H19BrN2O2/c21-17-12-14-4-1-2-6-16(14)19(17)7-9-20(10-8-19,18(24)25)23-15-5-3-11-22-13-15/h1-6,11-13,23H,7-10H2,(H,24,25). The number of hydrogen-bond acceptors (Lipinski definition) is 3. The van der Waals surface area contributed by atoms with Crippen LogP contribution in [0.2, 0.25) is 0 Å². The van der Waals surface area contributed by atoms with E-state index < -0.39 is 11.5 Å². The molecule has 0 atom stereocenters. The zero-order valence-electron chi connectivity index (χ0n) is 13.7. The van der Waals surface area contributed by atoms with Gasteiger partial charge in [-0.05, 0) is 55.0 Å². The highest BCUT2D eigenvalue weighted by molar-refractivity contribution is 9.11. The molecule has 128 valence electrons. The summed E-state index contributed by atoms with van der Waals surface area (Å²) in [6, 6.07) is 12.1. The first-order chi connectivity index (χ1) is 12.1. The lowest BCUT2D eigenvalue weighted by Gasteiger charge is -2.44. The number of halogens is 1. The third-order valence-corrected chi connectivity index (χ3v) is 6.62. The summed E-state index contributed by atoms with van der Waals surface area (Å²) in [7, 11) is 0. The minimum Gasteiger partial charge on any atom is -0.480 e. The van der Waals surface area contributed by atoms with E-state index in [0.717, 1.165) is 18.5 Å². The smallest absolute Gasteiger partial charge is 0.329 e. The summed E-state index contributed by atoms with van der Waals surface area (Å²) >= 11 is 3.76. The molecule has 2 aliphatic rings. The molecule has 0 amide bonds. The van der Waals surface area contributed by atoms with Gasteiger partial charge in [0.1, 0.15) is 5.54 Å². The van der Waals surface area contributed by atoms with Crippen LogP contribution < -0.4 is 5.32 Å². The first-order valence-corrected chi connectivity index (χ1v) is 9.24. The summed E-state index contributed by atoms with van der Waals surface area (Å²) < 4.78 is 1.17. The van der Waals surface area contributed by atoms with Gasteiger partial charge in [0, 0.05) is 22.3 Å². The van der Waals surface area contributed by atoms with Crippen molar-refractivity contribution in [3.63, 3.8) is 0 Å². The molecular weight excluding hydrogens is 380 g/mol. The van der Waals surface area contributed by atoms with Gasteiger partial charge in [-0.1, -0.05) is 40.2 Å². The number of nitrogens with zero attached hydrogens (tertiary/aromatic N) is 1. The van der Waals surface area contributed by atoms with E-state index in [-0.39, 0.29) is 5.41 Å². The highest BCUT2D eigenvalue weighted by Gasteiger charge is 2.51. The van der Waals surface area contributed by atoms with Gasteiger partial charge in [-0.25, -0.2) is 4.79 Å². The number of aromatic nitrogens is 1. The molecular formula is C20H19BrN2O2. The van der Waals surface area contributed by atoms with Gasteiger partial charge in [0.05, 0.1) is 5.69 Å². The molecule has 0 aliphatic heterocycles. The first kappa shape index (κ1) is 16.3. The maximum absolute atomic E-state index is 12.1. The minimum atomic E-state index is -0.945. The number of aliphatic carboxylic acids is 1. The van der Waals surface area contributed by atoms with Gasteiger partial charge in [0.15, 0.2) is 0 Å². The van der Waals surface area contributed by atoms with Crippen molar-refractivity contribution >= 4 is 33.7 Å². The maximum atomic E-state index is 12.1. The quantitative estimate of drug-likeness (QED) is 0.793. The van der Waals surface area contributed by atoms with E-state index in [9.17, 15) is 9.90 Å². The zero-order chi connectivity index (χ0) is 17.5. The minimum absolute atomic E-state index is 0.0911. The lowest BCUT2D eigenvalue weighted by Crippen LogP contribution is -2.52. The monoisotopic (exact) mass is 398 g/mol. The Morgan fingerprint density at radius 2 is 1.88 bits per heavy atom. The number of carboxylic acids is 1. The molecule has 25 heavy (non-hydrogen) atoms. The number of nitrogens with one attached hydrogen (secondary N) is 1. The Morgan fingerprint density at radius 3 is 2.56 bits per heavy atom. The van der Waals surface area contributed by atoms with Gasteiger partial charge in [0.25, 0.3) is 0 Å².